The van der Waals surface area contributed by atoms with Crippen molar-refractivity contribution in [3.8, 4) is 0 Å². The first-order valence-corrected chi connectivity index (χ1v) is 8.57. The van der Waals surface area contributed by atoms with Crippen molar-refractivity contribution >= 4 is 11.9 Å². The Bertz CT molecular complexity index is 810. The molecule has 2 aromatic rings. The normalized spacial score (nSPS) is 24.5. The quantitative estimate of drug-likeness (QED) is 0.905. The van der Waals surface area contributed by atoms with E-state index in [1.807, 2.05) is 29.8 Å². The van der Waals surface area contributed by atoms with Gasteiger partial charge in [-0.2, -0.15) is 0 Å². The highest BCUT2D eigenvalue weighted by molar-refractivity contribution is 5.87. The van der Waals surface area contributed by atoms with Gasteiger partial charge >= 0.3 is 5.97 Å². The van der Waals surface area contributed by atoms with E-state index in [9.17, 15) is 14.7 Å². The molecule has 1 saturated carbocycles. The molecule has 1 N–H and O–H groups in total. The van der Waals surface area contributed by atoms with Crippen molar-refractivity contribution in [2.24, 2.45) is 13.0 Å². The van der Waals surface area contributed by atoms with Gasteiger partial charge in [-0.15, -0.1) is 0 Å². The fourth-order valence-corrected chi connectivity index (χ4v) is 3.99. The van der Waals surface area contributed by atoms with E-state index >= 15 is 0 Å². The number of amides is 1. The number of carboxylic acids is 1. The number of benzene rings is 1. The molecule has 0 bridgehead atoms. The number of aliphatic carboxylic acids is 1. The highest BCUT2D eigenvalue weighted by Crippen LogP contribution is 2.51. The average molecular weight is 339 g/mol. The predicted molar refractivity (Wildman–Crippen MR) is 90.8 cm³/mol. The fourth-order valence-electron chi connectivity index (χ4n) is 3.99. The fraction of sp³-hybridized carbons (Fsp3) is 0.421. The zero-order valence-corrected chi connectivity index (χ0v) is 14.1. The minimum atomic E-state index is -0.937. The van der Waals surface area contributed by atoms with Gasteiger partial charge in [0.05, 0.1) is 5.92 Å². The zero-order chi connectivity index (χ0) is 17.6. The molecule has 2 atom stereocenters. The van der Waals surface area contributed by atoms with Crippen LogP contribution in [0.15, 0.2) is 42.7 Å². The number of hydrogen-bond donors (Lipinski definition) is 1. The summed E-state index contributed by atoms with van der Waals surface area (Å²) < 4.78 is 1.81. The molecule has 2 aliphatic rings. The molecule has 6 nitrogen and oxygen atoms in total. The van der Waals surface area contributed by atoms with Crippen LogP contribution in [0.25, 0.3) is 0 Å². The number of carboxylic acid groups (broad SMARTS) is 1. The van der Waals surface area contributed by atoms with Gasteiger partial charge in [-0.25, -0.2) is 4.98 Å². The van der Waals surface area contributed by atoms with Gasteiger partial charge in [0.15, 0.2) is 0 Å². The molecule has 1 aromatic carbocycles. The standard InChI is InChI=1S/C19H21N3O3/c1-21-10-9-20-17(21)16-14(18(24)25)11-15(23)22(16)12-19(7-8-19)13-5-3-2-4-6-13/h2-6,9-10,14,16H,7-8,11-12H2,1H3,(H,24,25)/t14-,16-/m1/s1. The van der Waals surface area contributed by atoms with Crippen LogP contribution in [0.4, 0.5) is 0 Å². The summed E-state index contributed by atoms with van der Waals surface area (Å²) in [7, 11) is 1.84. The maximum absolute atomic E-state index is 12.7. The summed E-state index contributed by atoms with van der Waals surface area (Å²) in [6.07, 6.45) is 5.52. The number of nitrogens with zero attached hydrogens (tertiary/aromatic N) is 3. The van der Waals surface area contributed by atoms with Crippen LogP contribution in [-0.4, -0.2) is 38.0 Å². The Morgan fingerprint density at radius 2 is 2.04 bits per heavy atom. The van der Waals surface area contributed by atoms with Crippen LogP contribution in [0.3, 0.4) is 0 Å². The third-order valence-electron chi connectivity index (χ3n) is 5.58. The van der Waals surface area contributed by atoms with Crippen LogP contribution in [0.5, 0.6) is 0 Å². The summed E-state index contributed by atoms with van der Waals surface area (Å²) >= 11 is 0. The number of hydrogen-bond acceptors (Lipinski definition) is 3. The van der Waals surface area contributed by atoms with Crippen LogP contribution in [0.1, 0.15) is 36.7 Å². The molecule has 1 aliphatic heterocycles. The lowest BCUT2D eigenvalue weighted by atomic mass is 9.94. The lowest BCUT2D eigenvalue weighted by Crippen LogP contribution is -2.38. The van der Waals surface area contributed by atoms with Gasteiger partial charge in [0.1, 0.15) is 11.9 Å². The zero-order valence-electron chi connectivity index (χ0n) is 14.1. The Morgan fingerprint density at radius 1 is 1.32 bits per heavy atom. The second-order valence-electron chi connectivity index (χ2n) is 7.16. The number of carbonyl (C=O) groups is 2. The van der Waals surface area contributed by atoms with E-state index in [2.05, 4.69) is 17.1 Å². The molecule has 6 heteroatoms. The van der Waals surface area contributed by atoms with Crippen LogP contribution in [0, 0.1) is 5.92 Å². The maximum atomic E-state index is 12.7. The van der Waals surface area contributed by atoms with Crippen molar-refractivity contribution < 1.29 is 14.7 Å². The summed E-state index contributed by atoms with van der Waals surface area (Å²) in [5.41, 5.74) is 1.17. The van der Waals surface area contributed by atoms with E-state index in [0.717, 1.165) is 12.8 Å². The Kier molecular flexibility index (Phi) is 3.63. The molecule has 25 heavy (non-hydrogen) atoms. The highest BCUT2D eigenvalue weighted by atomic mass is 16.4. The molecule has 1 amide bonds. The molecule has 2 fully saturated rings. The molecule has 1 aromatic heterocycles. The summed E-state index contributed by atoms with van der Waals surface area (Å²) in [6.45, 7) is 0.553. The molecular formula is C19H21N3O3. The van der Waals surface area contributed by atoms with Crippen molar-refractivity contribution in [3.63, 3.8) is 0 Å². The largest absolute Gasteiger partial charge is 0.481 e. The molecule has 130 valence electrons. The Morgan fingerprint density at radius 3 is 2.60 bits per heavy atom. The molecule has 1 aliphatic carbocycles. The lowest BCUT2D eigenvalue weighted by molar-refractivity contribution is -0.142. The van der Waals surface area contributed by atoms with E-state index in [1.165, 1.54) is 5.56 Å². The summed E-state index contributed by atoms with van der Waals surface area (Å²) in [4.78, 5) is 30.5. The van der Waals surface area contributed by atoms with Gasteiger partial charge in [-0.05, 0) is 18.4 Å². The average Bonchev–Trinajstić information content (AvgIpc) is 3.17. The second kappa shape index (κ2) is 5.72. The van der Waals surface area contributed by atoms with Crippen molar-refractivity contribution in [3.05, 3.63) is 54.1 Å². The molecule has 0 radical (unpaired) electrons. The number of aryl methyl sites for hydroxylation is 1. The van der Waals surface area contributed by atoms with Crippen LogP contribution in [-0.2, 0) is 22.1 Å². The maximum Gasteiger partial charge on any atom is 0.309 e. The number of carbonyl (C=O) groups excluding carboxylic acids is 1. The minimum absolute atomic E-state index is 0.0394. The van der Waals surface area contributed by atoms with Crippen molar-refractivity contribution in [1.82, 2.24) is 14.5 Å². The lowest BCUT2D eigenvalue weighted by Gasteiger charge is -2.30. The van der Waals surface area contributed by atoms with E-state index in [1.54, 1.807) is 17.3 Å². The monoisotopic (exact) mass is 339 g/mol. The number of likely N-dealkylation sites (tertiary alicyclic amines) is 1. The van der Waals surface area contributed by atoms with Gasteiger partial charge in [-0.3, -0.25) is 9.59 Å². The molecule has 0 unspecified atom stereocenters. The van der Waals surface area contributed by atoms with Crippen LogP contribution >= 0.6 is 0 Å². The molecule has 4 rings (SSSR count). The van der Waals surface area contributed by atoms with Gasteiger partial charge in [-0.1, -0.05) is 30.3 Å². The smallest absolute Gasteiger partial charge is 0.309 e. The Hall–Kier alpha value is -2.63. The first kappa shape index (κ1) is 15.9. The third kappa shape index (κ3) is 2.62. The highest BCUT2D eigenvalue weighted by Gasteiger charge is 2.53. The number of imidazole rings is 1. The van der Waals surface area contributed by atoms with E-state index in [0.29, 0.717) is 12.4 Å². The van der Waals surface area contributed by atoms with E-state index in [4.69, 9.17) is 0 Å². The third-order valence-corrected chi connectivity index (χ3v) is 5.58. The molecular weight excluding hydrogens is 318 g/mol. The Labute approximate surface area is 146 Å². The molecule has 1 saturated heterocycles. The van der Waals surface area contributed by atoms with Crippen LogP contribution < -0.4 is 0 Å². The summed E-state index contributed by atoms with van der Waals surface area (Å²) in [6, 6.07) is 9.69. The SMILES string of the molecule is Cn1ccnc1[C@H]1[C@H](C(=O)O)CC(=O)N1CC1(c2ccccc2)CC1. The van der Waals surface area contributed by atoms with Crippen molar-refractivity contribution in [2.45, 2.75) is 30.7 Å². The predicted octanol–water partition coefficient (Wildman–Crippen LogP) is 2.13. The van der Waals surface area contributed by atoms with E-state index in [-0.39, 0.29) is 17.7 Å². The molecule has 2 heterocycles. The summed E-state index contributed by atoms with van der Waals surface area (Å²) in [5, 5.41) is 9.62. The number of rotatable bonds is 5. The van der Waals surface area contributed by atoms with Gasteiger partial charge in [0, 0.05) is 37.8 Å². The first-order valence-electron chi connectivity index (χ1n) is 8.57. The summed E-state index contributed by atoms with van der Waals surface area (Å²) in [5.74, 6) is -1.14. The van der Waals surface area contributed by atoms with Crippen molar-refractivity contribution in [2.75, 3.05) is 6.54 Å². The minimum Gasteiger partial charge on any atom is -0.481 e. The van der Waals surface area contributed by atoms with E-state index < -0.39 is 17.9 Å². The topological polar surface area (TPSA) is 75.4 Å². The Balaban J connectivity index is 1.68. The van der Waals surface area contributed by atoms with Gasteiger partial charge in [0.25, 0.3) is 0 Å². The second-order valence-corrected chi connectivity index (χ2v) is 7.16. The molecule has 0 spiro atoms. The van der Waals surface area contributed by atoms with Gasteiger partial charge < -0.3 is 14.6 Å². The van der Waals surface area contributed by atoms with Crippen LogP contribution in [0.2, 0.25) is 0 Å². The van der Waals surface area contributed by atoms with Crippen molar-refractivity contribution in [1.29, 1.82) is 0 Å². The first-order chi connectivity index (χ1) is 12.0. The number of aromatic nitrogens is 2. The van der Waals surface area contributed by atoms with Gasteiger partial charge in [0.2, 0.25) is 5.91 Å².